The second-order valence-corrected chi connectivity index (χ2v) is 6.81. The third-order valence-electron chi connectivity index (χ3n) is 4.72. The minimum Gasteiger partial charge on any atom is -0.443 e. The molecule has 0 aromatic carbocycles. The first-order chi connectivity index (χ1) is 10.4. The van der Waals surface area contributed by atoms with Crippen molar-refractivity contribution in [3.8, 4) is 0 Å². The Labute approximate surface area is 132 Å². The highest BCUT2D eigenvalue weighted by Gasteiger charge is 2.60. The first-order valence-corrected chi connectivity index (χ1v) is 8.06. The van der Waals surface area contributed by atoms with Crippen LogP contribution in [0.2, 0.25) is 0 Å². The lowest BCUT2D eigenvalue weighted by atomic mass is 9.70. The molecule has 128 valence electrons. The van der Waals surface area contributed by atoms with Gasteiger partial charge in [0.1, 0.15) is 6.10 Å². The van der Waals surface area contributed by atoms with Crippen LogP contribution in [0.5, 0.6) is 0 Å². The van der Waals surface area contributed by atoms with E-state index >= 15 is 0 Å². The second-order valence-electron chi connectivity index (χ2n) is 6.81. The van der Waals surface area contributed by atoms with Crippen LogP contribution in [0, 0.1) is 11.8 Å². The van der Waals surface area contributed by atoms with Crippen LogP contribution in [0.25, 0.3) is 0 Å². The molecule has 1 aliphatic carbocycles. The van der Waals surface area contributed by atoms with Crippen LogP contribution >= 0.6 is 0 Å². The topological polar surface area (TPSA) is 69.3 Å². The van der Waals surface area contributed by atoms with Gasteiger partial charge in [0, 0.05) is 20.1 Å². The fourth-order valence-corrected chi connectivity index (χ4v) is 3.75. The predicted molar refractivity (Wildman–Crippen MR) is 81.8 cm³/mol. The highest BCUT2D eigenvalue weighted by molar-refractivity contribution is 5.67. The first-order valence-electron chi connectivity index (χ1n) is 8.06. The second kappa shape index (κ2) is 7.15. The summed E-state index contributed by atoms with van der Waals surface area (Å²) < 4.78 is 22.1. The van der Waals surface area contributed by atoms with E-state index < -0.39 is 6.09 Å². The van der Waals surface area contributed by atoms with Gasteiger partial charge in [0.2, 0.25) is 0 Å². The van der Waals surface area contributed by atoms with Crippen molar-refractivity contribution in [1.29, 1.82) is 0 Å². The standard InChI is InChI=1S/C16H29NO5/c1-10(2)13-14(20-5)12(6-7-16(13)9-21-16)22-15(18)17-11(3)8-19-4/h10-14H,6-9H2,1-5H3,(H,17,18)/t11-,12?,13?,14?,16+/m1/s1. The van der Waals surface area contributed by atoms with Crippen molar-refractivity contribution in [2.24, 2.45) is 11.8 Å². The van der Waals surface area contributed by atoms with E-state index in [1.54, 1.807) is 14.2 Å². The monoisotopic (exact) mass is 315 g/mol. The number of carbonyl (C=O) groups excluding carboxylic acids is 1. The van der Waals surface area contributed by atoms with Gasteiger partial charge in [-0.1, -0.05) is 13.8 Å². The van der Waals surface area contributed by atoms with Crippen LogP contribution in [0.15, 0.2) is 0 Å². The van der Waals surface area contributed by atoms with Gasteiger partial charge in [-0.05, 0) is 25.7 Å². The summed E-state index contributed by atoms with van der Waals surface area (Å²) in [6.45, 7) is 7.47. The summed E-state index contributed by atoms with van der Waals surface area (Å²) in [5.41, 5.74) is -0.0610. The number of methoxy groups -OCH3 is 2. The number of epoxide rings is 1. The molecule has 3 unspecified atom stereocenters. The average Bonchev–Trinajstić information content (AvgIpc) is 3.20. The van der Waals surface area contributed by atoms with E-state index in [1.165, 1.54) is 0 Å². The van der Waals surface area contributed by atoms with E-state index in [-0.39, 0.29) is 29.8 Å². The van der Waals surface area contributed by atoms with Gasteiger partial charge in [-0.15, -0.1) is 0 Å². The minimum absolute atomic E-state index is 0.0610. The lowest BCUT2D eigenvalue weighted by Crippen LogP contribution is -2.53. The van der Waals surface area contributed by atoms with E-state index in [0.717, 1.165) is 19.4 Å². The summed E-state index contributed by atoms with van der Waals surface area (Å²) >= 11 is 0. The molecule has 1 amide bonds. The van der Waals surface area contributed by atoms with E-state index in [9.17, 15) is 4.79 Å². The summed E-state index contributed by atoms with van der Waals surface area (Å²) in [6, 6.07) is -0.0823. The van der Waals surface area contributed by atoms with Crippen molar-refractivity contribution >= 4 is 6.09 Å². The van der Waals surface area contributed by atoms with Crippen molar-refractivity contribution in [2.75, 3.05) is 27.4 Å². The van der Waals surface area contributed by atoms with Gasteiger partial charge >= 0.3 is 6.09 Å². The van der Waals surface area contributed by atoms with Gasteiger partial charge in [-0.2, -0.15) is 0 Å². The number of nitrogens with one attached hydrogen (secondary N) is 1. The Morgan fingerprint density at radius 2 is 2.05 bits per heavy atom. The maximum atomic E-state index is 12.0. The lowest BCUT2D eigenvalue weighted by Gasteiger charge is -2.42. The first kappa shape index (κ1) is 17.5. The Morgan fingerprint density at radius 3 is 2.55 bits per heavy atom. The zero-order valence-corrected chi connectivity index (χ0v) is 14.3. The molecule has 1 saturated carbocycles. The number of carbonyl (C=O) groups is 1. The summed E-state index contributed by atoms with van der Waals surface area (Å²) in [5, 5.41) is 2.78. The van der Waals surface area contributed by atoms with Gasteiger partial charge in [0.25, 0.3) is 0 Å². The van der Waals surface area contributed by atoms with Crippen molar-refractivity contribution in [3.05, 3.63) is 0 Å². The number of rotatable bonds is 6. The molecule has 22 heavy (non-hydrogen) atoms. The fraction of sp³-hybridized carbons (Fsp3) is 0.938. The molecular weight excluding hydrogens is 286 g/mol. The Balaban J connectivity index is 1.97. The van der Waals surface area contributed by atoms with Gasteiger partial charge in [-0.3, -0.25) is 0 Å². The molecule has 0 bridgehead atoms. The van der Waals surface area contributed by atoms with Gasteiger partial charge in [0.15, 0.2) is 0 Å². The summed E-state index contributed by atoms with van der Waals surface area (Å²) in [4.78, 5) is 12.0. The number of amides is 1. The number of ether oxygens (including phenoxy) is 4. The van der Waals surface area contributed by atoms with Crippen molar-refractivity contribution in [3.63, 3.8) is 0 Å². The normalized spacial score (nSPS) is 35.5. The molecule has 1 aliphatic heterocycles. The summed E-state index contributed by atoms with van der Waals surface area (Å²) in [7, 11) is 3.29. The van der Waals surface area contributed by atoms with Crippen molar-refractivity contribution in [2.45, 2.75) is 57.5 Å². The number of hydrogen-bond acceptors (Lipinski definition) is 5. The van der Waals surface area contributed by atoms with Crippen LogP contribution in [0.1, 0.15) is 33.6 Å². The summed E-state index contributed by atoms with van der Waals surface area (Å²) in [5.74, 6) is 0.662. The zero-order chi connectivity index (χ0) is 16.3. The molecule has 6 nitrogen and oxygen atoms in total. The van der Waals surface area contributed by atoms with Crippen molar-refractivity contribution in [1.82, 2.24) is 5.32 Å². The molecule has 2 aliphatic rings. The molecule has 2 fully saturated rings. The fourth-order valence-electron chi connectivity index (χ4n) is 3.75. The van der Waals surface area contributed by atoms with Crippen LogP contribution < -0.4 is 5.32 Å². The maximum Gasteiger partial charge on any atom is 0.407 e. The predicted octanol–water partition coefficient (Wildman–Crippen LogP) is 1.97. The van der Waals surface area contributed by atoms with Gasteiger partial charge in [-0.25, -0.2) is 4.79 Å². The van der Waals surface area contributed by atoms with E-state index in [4.69, 9.17) is 18.9 Å². The average molecular weight is 315 g/mol. The molecule has 0 aromatic heterocycles. The van der Waals surface area contributed by atoms with Crippen LogP contribution in [0.4, 0.5) is 4.79 Å². The molecule has 6 heteroatoms. The quantitative estimate of drug-likeness (QED) is 0.759. The number of hydrogen-bond donors (Lipinski definition) is 1. The Kier molecular flexibility index (Phi) is 5.69. The van der Waals surface area contributed by atoms with E-state index in [1.807, 2.05) is 6.92 Å². The molecule has 0 radical (unpaired) electrons. The van der Waals surface area contributed by atoms with E-state index in [0.29, 0.717) is 12.5 Å². The smallest absolute Gasteiger partial charge is 0.407 e. The van der Waals surface area contributed by atoms with Gasteiger partial charge in [0.05, 0.1) is 31.0 Å². The molecule has 5 atom stereocenters. The van der Waals surface area contributed by atoms with Crippen LogP contribution in [0.3, 0.4) is 0 Å². The van der Waals surface area contributed by atoms with Crippen LogP contribution in [-0.2, 0) is 18.9 Å². The molecule has 0 aromatic rings. The number of alkyl carbamates (subject to hydrolysis) is 1. The van der Waals surface area contributed by atoms with E-state index in [2.05, 4.69) is 19.2 Å². The molecule has 1 saturated heterocycles. The van der Waals surface area contributed by atoms with Crippen molar-refractivity contribution < 1.29 is 23.7 Å². The molecule has 1 N–H and O–H groups in total. The molecule has 1 spiro atoms. The highest BCUT2D eigenvalue weighted by Crippen LogP contribution is 2.50. The van der Waals surface area contributed by atoms with Gasteiger partial charge < -0.3 is 24.3 Å². The highest BCUT2D eigenvalue weighted by atomic mass is 16.6. The lowest BCUT2D eigenvalue weighted by molar-refractivity contribution is -0.112. The largest absolute Gasteiger partial charge is 0.443 e. The third kappa shape index (κ3) is 3.73. The SMILES string of the molecule is COC[C@@H](C)NC(=O)OC1CC[C@]2(CO2)C(C(C)C)C1OC. The third-order valence-corrected chi connectivity index (χ3v) is 4.72. The summed E-state index contributed by atoms with van der Waals surface area (Å²) in [6.07, 6.45) is 0.920. The molecular formula is C16H29NO5. The Hall–Kier alpha value is -0.850. The Morgan fingerprint density at radius 1 is 1.36 bits per heavy atom. The maximum absolute atomic E-state index is 12.0. The Bertz CT molecular complexity index is 383. The molecule has 1 heterocycles. The zero-order valence-electron chi connectivity index (χ0n) is 14.3. The molecule has 2 rings (SSSR count). The minimum atomic E-state index is -0.410. The van der Waals surface area contributed by atoms with Crippen LogP contribution in [-0.4, -0.2) is 57.4 Å².